The number of carbonyl (C=O) groups excluding carboxylic acids is 2. The fraction of sp³-hybridized carbons (Fsp3) is 0.526. The molecule has 0 saturated carbocycles. The van der Waals surface area contributed by atoms with Crippen LogP contribution in [0.3, 0.4) is 0 Å². The molecular formula is C19H22F3N5O3S. The third-order valence-electron chi connectivity index (χ3n) is 5.21. The highest BCUT2D eigenvalue weighted by molar-refractivity contribution is 7.17. The van der Waals surface area contributed by atoms with Gasteiger partial charge in [0.05, 0.1) is 17.0 Å². The molecular weight excluding hydrogens is 435 g/mol. The van der Waals surface area contributed by atoms with E-state index in [0.29, 0.717) is 33.9 Å². The van der Waals surface area contributed by atoms with Crippen LogP contribution in [-0.2, 0) is 11.8 Å². The molecule has 3 heterocycles. The monoisotopic (exact) mass is 457 g/mol. The van der Waals surface area contributed by atoms with Gasteiger partial charge in [-0.05, 0) is 39.2 Å². The van der Waals surface area contributed by atoms with Crippen molar-refractivity contribution in [1.82, 2.24) is 25.0 Å². The quantitative estimate of drug-likeness (QED) is 0.759. The molecule has 12 heteroatoms. The fourth-order valence-electron chi connectivity index (χ4n) is 3.52. The highest BCUT2D eigenvalue weighted by Crippen LogP contribution is 2.31. The minimum atomic E-state index is -4.53. The van der Waals surface area contributed by atoms with Crippen LogP contribution in [0, 0.1) is 20.8 Å². The second-order valence-electron chi connectivity index (χ2n) is 7.44. The molecule has 1 atom stereocenters. The Morgan fingerprint density at radius 2 is 1.90 bits per heavy atom. The summed E-state index contributed by atoms with van der Waals surface area (Å²) in [5.41, 5.74) is 1.70. The van der Waals surface area contributed by atoms with E-state index in [2.05, 4.69) is 10.1 Å². The number of hydrogen-bond acceptors (Lipinski definition) is 6. The average Bonchev–Trinajstić information content (AvgIpc) is 3.31. The maximum Gasteiger partial charge on any atom is 0.405 e. The zero-order valence-electron chi connectivity index (χ0n) is 17.5. The number of aromatic nitrogens is 3. The van der Waals surface area contributed by atoms with Gasteiger partial charge >= 0.3 is 6.18 Å². The molecule has 1 aliphatic rings. The molecule has 1 aliphatic heterocycles. The van der Waals surface area contributed by atoms with Gasteiger partial charge in [0.2, 0.25) is 5.91 Å². The summed E-state index contributed by atoms with van der Waals surface area (Å²) in [7, 11) is 1.53. The van der Waals surface area contributed by atoms with E-state index < -0.39 is 30.6 Å². The van der Waals surface area contributed by atoms with Gasteiger partial charge in [-0.25, -0.2) is 9.67 Å². The van der Waals surface area contributed by atoms with Gasteiger partial charge in [-0.15, -0.1) is 11.3 Å². The van der Waals surface area contributed by atoms with Crippen LogP contribution in [0.25, 0.3) is 10.6 Å². The first-order valence-electron chi connectivity index (χ1n) is 9.58. The van der Waals surface area contributed by atoms with Crippen molar-refractivity contribution >= 4 is 23.2 Å². The average molecular weight is 457 g/mol. The maximum absolute atomic E-state index is 13.1. The first-order valence-corrected chi connectivity index (χ1v) is 10.4. The molecule has 1 saturated heterocycles. The number of halogens is 3. The Morgan fingerprint density at radius 1 is 1.23 bits per heavy atom. The summed E-state index contributed by atoms with van der Waals surface area (Å²) in [5, 5.41) is 6.35. The van der Waals surface area contributed by atoms with Gasteiger partial charge in [-0.2, -0.15) is 18.3 Å². The van der Waals surface area contributed by atoms with Gasteiger partial charge in [0, 0.05) is 13.6 Å². The third-order valence-corrected chi connectivity index (χ3v) is 6.37. The van der Waals surface area contributed by atoms with E-state index >= 15 is 0 Å². The van der Waals surface area contributed by atoms with Crippen LogP contribution in [-0.4, -0.2) is 56.8 Å². The number of nitrogens with zero attached hydrogens (tertiary/aromatic N) is 4. The molecule has 1 N–H and O–H groups in total. The molecule has 0 aromatic carbocycles. The summed E-state index contributed by atoms with van der Waals surface area (Å²) in [6.45, 7) is 3.94. The highest BCUT2D eigenvalue weighted by Gasteiger charge is 2.38. The van der Waals surface area contributed by atoms with Gasteiger partial charge in [0.15, 0.2) is 0 Å². The van der Waals surface area contributed by atoms with Crippen molar-refractivity contribution in [2.45, 2.75) is 45.8 Å². The Hall–Kier alpha value is -2.76. The van der Waals surface area contributed by atoms with E-state index in [4.69, 9.17) is 0 Å². The van der Waals surface area contributed by atoms with Crippen molar-refractivity contribution in [3.63, 3.8) is 0 Å². The molecule has 0 radical (unpaired) electrons. The fourth-order valence-corrected chi connectivity index (χ4v) is 4.64. The molecule has 168 valence electrons. The van der Waals surface area contributed by atoms with Crippen molar-refractivity contribution in [2.24, 2.45) is 7.05 Å². The van der Waals surface area contributed by atoms with Gasteiger partial charge in [0.25, 0.3) is 11.5 Å². The second kappa shape index (κ2) is 8.40. The van der Waals surface area contributed by atoms with Crippen LogP contribution in [0.1, 0.15) is 39.5 Å². The zero-order valence-corrected chi connectivity index (χ0v) is 18.3. The zero-order chi connectivity index (χ0) is 23.1. The lowest BCUT2D eigenvalue weighted by atomic mass is 10.1. The van der Waals surface area contributed by atoms with Crippen LogP contribution < -0.4 is 10.9 Å². The first-order chi connectivity index (χ1) is 14.4. The van der Waals surface area contributed by atoms with Crippen molar-refractivity contribution in [1.29, 1.82) is 0 Å². The molecule has 0 spiro atoms. The number of amides is 2. The molecule has 31 heavy (non-hydrogen) atoms. The van der Waals surface area contributed by atoms with Crippen molar-refractivity contribution in [2.75, 3.05) is 13.1 Å². The van der Waals surface area contributed by atoms with Crippen LogP contribution in [0.4, 0.5) is 13.2 Å². The minimum absolute atomic E-state index is 0.251. The number of hydrogen-bond donors (Lipinski definition) is 1. The second-order valence-corrected chi connectivity index (χ2v) is 8.44. The Balaban J connectivity index is 1.90. The molecule has 0 aliphatic carbocycles. The predicted octanol–water partition coefficient (Wildman–Crippen LogP) is 2.11. The van der Waals surface area contributed by atoms with Gasteiger partial charge in [0.1, 0.15) is 22.5 Å². The lowest BCUT2D eigenvalue weighted by Gasteiger charge is -2.23. The highest BCUT2D eigenvalue weighted by atomic mass is 32.1. The van der Waals surface area contributed by atoms with E-state index in [9.17, 15) is 27.6 Å². The Labute approximate surface area is 180 Å². The largest absolute Gasteiger partial charge is 0.405 e. The summed E-state index contributed by atoms with van der Waals surface area (Å²) in [5.74, 6) is -1.31. The molecule has 8 nitrogen and oxygen atoms in total. The molecule has 3 rings (SSSR count). The van der Waals surface area contributed by atoms with Crippen molar-refractivity contribution in [3.8, 4) is 10.6 Å². The summed E-state index contributed by atoms with van der Waals surface area (Å²) >= 11 is 1.03. The van der Waals surface area contributed by atoms with Gasteiger partial charge in [-0.1, -0.05) is 0 Å². The Morgan fingerprint density at radius 3 is 2.55 bits per heavy atom. The number of likely N-dealkylation sites (tertiary alicyclic amines) is 1. The summed E-state index contributed by atoms with van der Waals surface area (Å²) in [6.07, 6.45) is -3.74. The number of nitrogens with one attached hydrogen (secondary N) is 1. The predicted molar refractivity (Wildman–Crippen MR) is 108 cm³/mol. The summed E-state index contributed by atoms with van der Waals surface area (Å²) in [6, 6.07) is -0.974. The first kappa shape index (κ1) is 22.9. The minimum Gasteiger partial charge on any atom is -0.345 e. The standard InChI is InChI=1S/C19H22F3N5O3S/c1-9-10(2)25-26(4)17(29)13(9)16-24-11(3)14(31-16)18(30)27-7-5-6-12(27)15(28)23-8-19(20,21)22/h12H,5-8H2,1-4H3,(H,23,28). The molecule has 2 aromatic rings. The number of aryl methyl sites for hydroxylation is 3. The topological polar surface area (TPSA) is 97.2 Å². The third kappa shape index (κ3) is 4.63. The Bertz CT molecular complexity index is 1090. The molecule has 2 amide bonds. The van der Waals surface area contributed by atoms with Crippen LogP contribution >= 0.6 is 11.3 Å². The van der Waals surface area contributed by atoms with E-state index in [0.717, 1.165) is 11.3 Å². The van der Waals surface area contributed by atoms with Crippen LogP contribution in [0.2, 0.25) is 0 Å². The van der Waals surface area contributed by atoms with E-state index in [-0.39, 0.29) is 23.4 Å². The van der Waals surface area contributed by atoms with Gasteiger partial charge < -0.3 is 10.2 Å². The van der Waals surface area contributed by atoms with Crippen LogP contribution in [0.15, 0.2) is 4.79 Å². The number of rotatable bonds is 4. The van der Waals surface area contributed by atoms with E-state index in [1.54, 1.807) is 20.8 Å². The number of alkyl halides is 3. The lowest BCUT2D eigenvalue weighted by Crippen LogP contribution is -2.48. The van der Waals surface area contributed by atoms with E-state index in [1.165, 1.54) is 16.6 Å². The Kier molecular flexibility index (Phi) is 6.21. The molecule has 2 aromatic heterocycles. The van der Waals surface area contributed by atoms with E-state index in [1.807, 2.05) is 5.32 Å². The lowest BCUT2D eigenvalue weighted by molar-refractivity contribution is -0.140. The number of carbonyl (C=O) groups is 2. The molecule has 1 fully saturated rings. The van der Waals surface area contributed by atoms with Crippen molar-refractivity contribution in [3.05, 3.63) is 32.2 Å². The van der Waals surface area contributed by atoms with Crippen molar-refractivity contribution < 1.29 is 22.8 Å². The normalized spacial score (nSPS) is 16.6. The van der Waals surface area contributed by atoms with Gasteiger partial charge in [-0.3, -0.25) is 14.4 Å². The number of thiazole rings is 1. The van der Waals surface area contributed by atoms with Crippen LogP contribution in [0.5, 0.6) is 0 Å². The maximum atomic E-state index is 13.1. The molecule has 0 bridgehead atoms. The molecule has 1 unspecified atom stereocenters. The summed E-state index contributed by atoms with van der Waals surface area (Å²) < 4.78 is 38.5. The summed E-state index contributed by atoms with van der Waals surface area (Å²) in [4.78, 5) is 43.9. The smallest absolute Gasteiger partial charge is 0.345 e. The SMILES string of the molecule is Cc1nc(-c2c(C)c(C)nn(C)c2=O)sc1C(=O)N1CCCC1C(=O)NCC(F)(F)F.